The highest BCUT2D eigenvalue weighted by atomic mass is 16.6. The van der Waals surface area contributed by atoms with Crippen molar-refractivity contribution in [3.05, 3.63) is 33.9 Å². The van der Waals surface area contributed by atoms with Crippen LogP contribution in [0.15, 0.2) is 18.2 Å². The Morgan fingerprint density at radius 1 is 1.53 bits per heavy atom. The molecule has 0 radical (unpaired) electrons. The average molecular weight is 264 g/mol. The van der Waals surface area contributed by atoms with Crippen LogP contribution in [0, 0.1) is 16.0 Å². The van der Waals surface area contributed by atoms with Gasteiger partial charge in [0.2, 0.25) is 0 Å². The molecule has 0 saturated heterocycles. The van der Waals surface area contributed by atoms with Gasteiger partial charge in [-0.3, -0.25) is 10.1 Å². The van der Waals surface area contributed by atoms with E-state index in [4.69, 9.17) is 5.11 Å². The van der Waals surface area contributed by atoms with Crippen LogP contribution in [0.3, 0.4) is 0 Å². The second kappa shape index (κ2) is 5.26. The van der Waals surface area contributed by atoms with Gasteiger partial charge in [-0.1, -0.05) is 6.42 Å². The highest BCUT2D eigenvalue weighted by molar-refractivity contribution is 5.89. The molecule has 6 heteroatoms. The number of nitrogens with zero attached hydrogens (tertiary/aromatic N) is 2. The molecule has 0 spiro atoms. The van der Waals surface area contributed by atoms with Gasteiger partial charge in [0, 0.05) is 19.7 Å². The van der Waals surface area contributed by atoms with Crippen molar-refractivity contribution < 1.29 is 14.8 Å². The molecule has 1 fully saturated rings. The van der Waals surface area contributed by atoms with Gasteiger partial charge in [-0.05, 0) is 30.9 Å². The van der Waals surface area contributed by atoms with Crippen molar-refractivity contribution in [2.24, 2.45) is 5.92 Å². The second-order valence-corrected chi connectivity index (χ2v) is 4.94. The molecule has 19 heavy (non-hydrogen) atoms. The first-order chi connectivity index (χ1) is 8.99. The predicted molar refractivity (Wildman–Crippen MR) is 70.7 cm³/mol. The van der Waals surface area contributed by atoms with E-state index in [0.717, 1.165) is 25.5 Å². The molecule has 1 aliphatic carbocycles. The molecular formula is C13H16N2O4. The number of carboxylic acids is 1. The van der Waals surface area contributed by atoms with Crippen LogP contribution in [-0.2, 0) is 0 Å². The van der Waals surface area contributed by atoms with Crippen LogP contribution >= 0.6 is 0 Å². The van der Waals surface area contributed by atoms with Crippen LogP contribution in [-0.4, -0.2) is 29.6 Å². The fourth-order valence-corrected chi connectivity index (χ4v) is 2.29. The van der Waals surface area contributed by atoms with E-state index in [-0.39, 0.29) is 11.3 Å². The van der Waals surface area contributed by atoms with Gasteiger partial charge in [0.1, 0.15) is 5.69 Å². The monoisotopic (exact) mass is 264 g/mol. The molecular weight excluding hydrogens is 248 g/mol. The number of carboxylic acid groups (broad SMARTS) is 1. The summed E-state index contributed by atoms with van der Waals surface area (Å²) in [7, 11) is 1.81. The summed E-state index contributed by atoms with van der Waals surface area (Å²) in [5, 5.41) is 19.9. The summed E-state index contributed by atoms with van der Waals surface area (Å²) in [6, 6.07) is 4.04. The minimum atomic E-state index is -1.16. The van der Waals surface area contributed by atoms with Crippen LogP contribution in [0.25, 0.3) is 0 Å². The van der Waals surface area contributed by atoms with Gasteiger partial charge in [0.05, 0.1) is 10.5 Å². The zero-order valence-electron chi connectivity index (χ0n) is 10.7. The SMILES string of the molecule is CN(CC1CCC1)c1ccc(C(=O)O)cc1[N+](=O)[O-]. The number of anilines is 1. The van der Waals surface area contributed by atoms with Crippen molar-refractivity contribution in [2.45, 2.75) is 19.3 Å². The molecule has 1 aliphatic rings. The van der Waals surface area contributed by atoms with E-state index in [1.54, 1.807) is 7.05 Å². The lowest BCUT2D eigenvalue weighted by molar-refractivity contribution is -0.384. The largest absolute Gasteiger partial charge is 0.478 e. The first-order valence-corrected chi connectivity index (χ1v) is 6.22. The summed E-state index contributed by atoms with van der Waals surface area (Å²) in [6.07, 6.45) is 3.54. The van der Waals surface area contributed by atoms with E-state index in [1.165, 1.54) is 18.6 Å². The lowest BCUT2D eigenvalue weighted by atomic mass is 9.85. The quantitative estimate of drug-likeness (QED) is 0.652. The molecule has 2 rings (SSSR count). The molecule has 0 unspecified atom stereocenters. The summed E-state index contributed by atoms with van der Waals surface area (Å²) in [4.78, 5) is 23.2. The van der Waals surface area contributed by atoms with Crippen LogP contribution < -0.4 is 4.90 Å². The van der Waals surface area contributed by atoms with Gasteiger partial charge >= 0.3 is 5.97 Å². The smallest absolute Gasteiger partial charge is 0.335 e. The highest BCUT2D eigenvalue weighted by Crippen LogP contribution is 2.32. The Bertz CT molecular complexity index is 511. The maximum absolute atomic E-state index is 11.1. The van der Waals surface area contributed by atoms with Crippen molar-refractivity contribution in [2.75, 3.05) is 18.5 Å². The van der Waals surface area contributed by atoms with Crippen molar-refractivity contribution >= 4 is 17.3 Å². The molecule has 1 N–H and O–H groups in total. The van der Waals surface area contributed by atoms with E-state index in [2.05, 4.69) is 0 Å². The first-order valence-electron chi connectivity index (χ1n) is 6.22. The van der Waals surface area contributed by atoms with Crippen molar-refractivity contribution in [3.8, 4) is 0 Å². The third-order valence-electron chi connectivity index (χ3n) is 3.59. The molecule has 6 nitrogen and oxygen atoms in total. The van der Waals surface area contributed by atoms with Crippen LogP contribution in [0.1, 0.15) is 29.6 Å². The van der Waals surface area contributed by atoms with Crippen molar-refractivity contribution in [1.82, 2.24) is 0 Å². The Labute approximate surface area is 110 Å². The highest BCUT2D eigenvalue weighted by Gasteiger charge is 2.24. The Morgan fingerprint density at radius 3 is 2.68 bits per heavy atom. The molecule has 1 aromatic carbocycles. The Kier molecular flexibility index (Phi) is 3.69. The summed E-state index contributed by atoms with van der Waals surface area (Å²) in [5.41, 5.74) is 0.260. The minimum Gasteiger partial charge on any atom is -0.478 e. The van der Waals surface area contributed by atoms with E-state index < -0.39 is 10.9 Å². The standard InChI is InChI=1S/C13H16N2O4/c1-14(8-9-3-2-4-9)11-6-5-10(13(16)17)7-12(11)15(18)19/h5-7,9H,2-4,8H2,1H3,(H,16,17). The number of benzene rings is 1. The van der Waals surface area contributed by atoms with Gasteiger partial charge in [0.25, 0.3) is 5.69 Å². The van der Waals surface area contributed by atoms with Gasteiger partial charge in [-0.2, -0.15) is 0 Å². The summed E-state index contributed by atoms with van der Waals surface area (Å²) < 4.78 is 0. The molecule has 1 saturated carbocycles. The third kappa shape index (κ3) is 2.83. The molecule has 0 heterocycles. The zero-order chi connectivity index (χ0) is 14.0. The Morgan fingerprint density at radius 2 is 2.21 bits per heavy atom. The first kappa shape index (κ1) is 13.3. The number of carbonyl (C=O) groups is 1. The van der Waals surface area contributed by atoms with Crippen molar-refractivity contribution in [1.29, 1.82) is 0 Å². The normalized spacial score (nSPS) is 14.8. The fraction of sp³-hybridized carbons (Fsp3) is 0.462. The molecule has 0 amide bonds. The summed E-state index contributed by atoms with van der Waals surface area (Å²) in [6.45, 7) is 0.771. The number of hydrogen-bond acceptors (Lipinski definition) is 4. The molecule has 0 aliphatic heterocycles. The molecule has 0 bridgehead atoms. The van der Waals surface area contributed by atoms with E-state index in [9.17, 15) is 14.9 Å². The number of nitro benzene ring substituents is 1. The van der Waals surface area contributed by atoms with Crippen LogP contribution in [0.2, 0.25) is 0 Å². The Hall–Kier alpha value is -2.11. The number of nitro groups is 1. The maximum Gasteiger partial charge on any atom is 0.335 e. The van der Waals surface area contributed by atoms with E-state index >= 15 is 0 Å². The number of rotatable bonds is 5. The van der Waals surface area contributed by atoms with E-state index in [0.29, 0.717) is 11.6 Å². The third-order valence-corrected chi connectivity index (χ3v) is 3.59. The van der Waals surface area contributed by atoms with Crippen molar-refractivity contribution in [3.63, 3.8) is 0 Å². The molecule has 102 valence electrons. The second-order valence-electron chi connectivity index (χ2n) is 4.94. The number of hydrogen-bond donors (Lipinski definition) is 1. The van der Waals surface area contributed by atoms with Gasteiger partial charge < -0.3 is 10.0 Å². The Balaban J connectivity index is 2.27. The predicted octanol–water partition coefficient (Wildman–Crippen LogP) is 2.53. The van der Waals surface area contributed by atoms with Gasteiger partial charge in [-0.15, -0.1) is 0 Å². The summed E-state index contributed by atoms with van der Waals surface area (Å²) in [5.74, 6) is -0.569. The average Bonchev–Trinajstić information content (AvgIpc) is 2.32. The fourth-order valence-electron chi connectivity index (χ4n) is 2.29. The topological polar surface area (TPSA) is 83.7 Å². The van der Waals surface area contributed by atoms with Crippen LogP contribution in [0.5, 0.6) is 0 Å². The van der Waals surface area contributed by atoms with Gasteiger partial charge in [-0.25, -0.2) is 4.79 Å². The zero-order valence-corrected chi connectivity index (χ0v) is 10.7. The van der Waals surface area contributed by atoms with E-state index in [1.807, 2.05) is 4.90 Å². The maximum atomic E-state index is 11.1. The van der Waals surface area contributed by atoms with Gasteiger partial charge in [0.15, 0.2) is 0 Å². The summed E-state index contributed by atoms with van der Waals surface area (Å²) >= 11 is 0. The number of aromatic carboxylic acids is 1. The van der Waals surface area contributed by atoms with Crippen LogP contribution in [0.4, 0.5) is 11.4 Å². The lowest BCUT2D eigenvalue weighted by Crippen LogP contribution is -2.29. The molecule has 0 atom stereocenters. The molecule has 1 aromatic rings. The minimum absolute atomic E-state index is 0.0625. The molecule has 0 aromatic heterocycles. The lowest BCUT2D eigenvalue weighted by Gasteiger charge is -2.31.